The van der Waals surface area contributed by atoms with Crippen LogP contribution in [0.1, 0.15) is 6.42 Å². The van der Waals surface area contributed by atoms with E-state index in [1.54, 1.807) is 0 Å². The van der Waals surface area contributed by atoms with Gasteiger partial charge in [-0.3, -0.25) is 4.79 Å². The molecule has 0 radical (unpaired) electrons. The highest BCUT2D eigenvalue weighted by Crippen LogP contribution is 2.17. The maximum Gasteiger partial charge on any atom is 0.331 e. The van der Waals surface area contributed by atoms with Crippen molar-refractivity contribution in [2.24, 2.45) is 0 Å². The molecule has 1 heterocycles. The van der Waals surface area contributed by atoms with Crippen LogP contribution >= 0.6 is 0 Å². The molecule has 1 saturated heterocycles. The Kier molecular flexibility index (Phi) is 2.09. The molecule has 11 heavy (non-hydrogen) atoms. The van der Waals surface area contributed by atoms with Gasteiger partial charge in [0.2, 0.25) is 6.41 Å². The van der Waals surface area contributed by atoms with Crippen LogP contribution in [0.25, 0.3) is 0 Å². The number of ether oxygens (including phenoxy) is 1. The molecule has 0 aromatic rings. The number of rotatable bonds is 3. The van der Waals surface area contributed by atoms with Crippen molar-refractivity contribution in [3.05, 3.63) is 0 Å². The van der Waals surface area contributed by atoms with Crippen molar-refractivity contribution in [2.75, 3.05) is 13.2 Å². The second kappa shape index (κ2) is 2.87. The van der Waals surface area contributed by atoms with Crippen molar-refractivity contribution in [3.8, 4) is 0 Å². The molecule has 1 atom stereocenters. The fraction of sp³-hybridized carbons (Fsp3) is 0.667. The summed E-state index contributed by atoms with van der Waals surface area (Å²) < 4.78 is 4.87. The summed E-state index contributed by atoms with van der Waals surface area (Å²) in [6.07, 6.45) is 0.726. The van der Waals surface area contributed by atoms with E-state index in [0.717, 1.165) is 0 Å². The Hall–Kier alpha value is -1.10. The van der Waals surface area contributed by atoms with Crippen LogP contribution in [0.3, 0.4) is 0 Å². The van der Waals surface area contributed by atoms with E-state index in [1.807, 2.05) is 0 Å². The van der Waals surface area contributed by atoms with Crippen molar-refractivity contribution < 1.29 is 19.4 Å². The summed E-state index contributed by atoms with van der Waals surface area (Å²) in [6, 6.07) is 0. The van der Waals surface area contributed by atoms with E-state index in [2.05, 4.69) is 5.32 Å². The summed E-state index contributed by atoms with van der Waals surface area (Å²) in [4.78, 5) is 20.7. The van der Waals surface area contributed by atoms with E-state index in [1.165, 1.54) is 0 Å². The van der Waals surface area contributed by atoms with Gasteiger partial charge in [0.1, 0.15) is 0 Å². The van der Waals surface area contributed by atoms with Crippen molar-refractivity contribution >= 4 is 12.4 Å². The summed E-state index contributed by atoms with van der Waals surface area (Å²) in [7, 11) is 0. The zero-order valence-electron chi connectivity index (χ0n) is 5.87. The van der Waals surface area contributed by atoms with Crippen molar-refractivity contribution in [2.45, 2.75) is 12.0 Å². The molecule has 1 aliphatic heterocycles. The molecule has 62 valence electrons. The normalized spacial score (nSPS) is 29.8. The smallest absolute Gasteiger partial charge is 0.331 e. The topological polar surface area (TPSA) is 75.6 Å². The first-order valence-corrected chi connectivity index (χ1v) is 3.24. The summed E-state index contributed by atoms with van der Waals surface area (Å²) >= 11 is 0. The van der Waals surface area contributed by atoms with Gasteiger partial charge in [0.15, 0.2) is 5.54 Å². The molecule has 1 amide bonds. The first-order chi connectivity index (χ1) is 5.21. The predicted octanol–water partition coefficient (Wildman–Crippen LogP) is -1.02. The minimum Gasteiger partial charge on any atom is -0.479 e. The number of carbonyl (C=O) groups excluding carboxylic acids is 1. The fourth-order valence-corrected chi connectivity index (χ4v) is 1.02. The highest BCUT2D eigenvalue weighted by atomic mass is 16.5. The lowest BCUT2D eigenvalue weighted by atomic mass is 10.00. The van der Waals surface area contributed by atoms with E-state index >= 15 is 0 Å². The molecule has 0 aliphatic carbocycles. The third-order valence-corrected chi connectivity index (χ3v) is 1.77. The lowest BCUT2D eigenvalue weighted by molar-refractivity contribution is -0.146. The quantitative estimate of drug-likeness (QED) is 0.516. The Morgan fingerprint density at radius 3 is 2.82 bits per heavy atom. The Morgan fingerprint density at radius 2 is 2.45 bits per heavy atom. The molecule has 1 fully saturated rings. The molecule has 5 heteroatoms. The Morgan fingerprint density at radius 1 is 1.73 bits per heavy atom. The summed E-state index contributed by atoms with van der Waals surface area (Å²) in [6.45, 7) is 0.439. The van der Waals surface area contributed by atoms with Gasteiger partial charge < -0.3 is 15.2 Å². The number of aliphatic carboxylic acids is 1. The highest BCUT2D eigenvalue weighted by molar-refractivity contribution is 5.82. The monoisotopic (exact) mass is 159 g/mol. The van der Waals surface area contributed by atoms with E-state index in [9.17, 15) is 9.59 Å². The van der Waals surface area contributed by atoms with Crippen LogP contribution in [-0.2, 0) is 14.3 Å². The van der Waals surface area contributed by atoms with Gasteiger partial charge in [-0.15, -0.1) is 0 Å². The molecule has 1 aliphatic rings. The Bertz CT molecular complexity index is 173. The minimum atomic E-state index is -1.18. The molecule has 1 rings (SSSR count). The number of carbonyl (C=O) groups is 2. The van der Waals surface area contributed by atoms with Gasteiger partial charge in [0.25, 0.3) is 0 Å². The van der Waals surface area contributed by atoms with Gasteiger partial charge in [-0.1, -0.05) is 0 Å². The summed E-state index contributed by atoms with van der Waals surface area (Å²) in [5.41, 5.74) is -1.18. The standard InChI is InChI=1S/C6H9NO4/c8-4-7-6(5(9)10)1-2-11-3-6/h4H,1-3H2,(H,7,8)(H,9,10). The Labute approximate surface area is 63.3 Å². The largest absolute Gasteiger partial charge is 0.479 e. The fourth-order valence-electron chi connectivity index (χ4n) is 1.02. The third kappa shape index (κ3) is 1.32. The maximum absolute atomic E-state index is 10.6. The zero-order valence-corrected chi connectivity index (χ0v) is 5.87. The van der Waals surface area contributed by atoms with Crippen LogP contribution in [0.15, 0.2) is 0 Å². The average Bonchev–Trinajstić information content (AvgIpc) is 2.38. The Balaban J connectivity index is 2.69. The van der Waals surface area contributed by atoms with Gasteiger partial charge in [-0.25, -0.2) is 4.79 Å². The first-order valence-electron chi connectivity index (χ1n) is 3.24. The first kappa shape index (κ1) is 8.00. The van der Waals surface area contributed by atoms with Gasteiger partial charge in [0.05, 0.1) is 6.61 Å². The number of nitrogens with one attached hydrogen (secondary N) is 1. The summed E-state index contributed by atoms with van der Waals surface area (Å²) in [5, 5.41) is 10.9. The van der Waals surface area contributed by atoms with Gasteiger partial charge >= 0.3 is 5.97 Å². The third-order valence-electron chi connectivity index (χ3n) is 1.77. The van der Waals surface area contributed by atoms with Crippen LogP contribution in [-0.4, -0.2) is 36.2 Å². The van der Waals surface area contributed by atoms with Crippen molar-refractivity contribution in [1.82, 2.24) is 5.32 Å². The molecule has 0 spiro atoms. The number of carboxylic acid groups (broad SMARTS) is 1. The number of hydrogen-bond donors (Lipinski definition) is 2. The second-order valence-electron chi connectivity index (χ2n) is 2.45. The van der Waals surface area contributed by atoms with Crippen LogP contribution in [0.2, 0.25) is 0 Å². The number of amides is 1. The molecule has 0 aromatic carbocycles. The SMILES string of the molecule is O=CNC1(C(=O)O)CCOC1. The van der Waals surface area contributed by atoms with Crippen LogP contribution in [0.4, 0.5) is 0 Å². The van der Waals surface area contributed by atoms with Crippen LogP contribution in [0.5, 0.6) is 0 Å². The molecular weight excluding hydrogens is 150 g/mol. The van der Waals surface area contributed by atoms with Crippen molar-refractivity contribution in [3.63, 3.8) is 0 Å². The van der Waals surface area contributed by atoms with Crippen LogP contribution < -0.4 is 5.32 Å². The van der Waals surface area contributed by atoms with E-state index in [0.29, 0.717) is 19.4 Å². The van der Waals surface area contributed by atoms with Gasteiger partial charge in [0, 0.05) is 13.0 Å². The number of carboxylic acids is 1. The van der Waals surface area contributed by atoms with E-state index in [-0.39, 0.29) is 6.61 Å². The molecule has 0 aromatic heterocycles. The molecule has 5 nitrogen and oxygen atoms in total. The minimum absolute atomic E-state index is 0.0566. The lowest BCUT2D eigenvalue weighted by Crippen LogP contribution is -2.52. The van der Waals surface area contributed by atoms with Gasteiger partial charge in [-0.2, -0.15) is 0 Å². The molecule has 0 bridgehead atoms. The van der Waals surface area contributed by atoms with E-state index < -0.39 is 11.5 Å². The van der Waals surface area contributed by atoms with Crippen LogP contribution in [0, 0.1) is 0 Å². The highest BCUT2D eigenvalue weighted by Gasteiger charge is 2.42. The van der Waals surface area contributed by atoms with Crippen molar-refractivity contribution in [1.29, 1.82) is 0 Å². The molecule has 1 unspecified atom stereocenters. The lowest BCUT2D eigenvalue weighted by Gasteiger charge is -2.20. The summed E-state index contributed by atoms with van der Waals surface area (Å²) in [5.74, 6) is -1.04. The average molecular weight is 159 g/mol. The molecular formula is C6H9NO4. The molecule has 0 saturated carbocycles. The molecule has 2 N–H and O–H groups in total. The van der Waals surface area contributed by atoms with E-state index in [4.69, 9.17) is 9.84 Å². The number of hydrogen-bond acceptors (Lipinski definition) is 3. The second-order valence-corrected chi connectivity index (χ2v) is 2.45. The zero-order chi connectivity index (χ0) is 8.32. The van der Waals surface area contributed by atoms with Gasteiger partial charge in [-0.05, 0) is 0 Å². The predicted molar refractivity (Wildman–Crippen MR) is 35.0 cm³/mol. The maximum atomic E-state index is 10.6.